The van der Waals surface area contributed by atoms with E-state index >= 15 is 0 Å². The highest BCUT2D eigenvalue weighted by Crippen LogP contribution is 2.29. The maximum atomic E-state index is 12.0. The number of hydrogen-bond acceptors (Lipinski definition) is 4. The second kappa shape index (κ2) is 7.80. The molecule has 0 radical (unpaired) electrons. The van der Waals surface area contributed by atoms with Crippen molar-refractivity contribution in [1.29, 1.82) is 5.26 Å². The standard InChI is InChI=1S/C19H23N3O2/c1-5-22(6-2)12-15-10-14(7-8-18(15)24-4)16-9-13(3)21-19(23)17(16)11-20/h7-10H,5-6,12H2,1-4H3,(H,21,23). The van der Waals surface area contributed by atoms with Crippen LogP contribution in [0.4, 0.5) is 0 Å². The van der Waals surface area contributed by atoms with Gasteiger partial charge in [-0.25, -0.2) is 0 Å². The van der Waals surface area contributed by atoms with Crippen LogP contribution in [0.2, 0.25) is 0 Å². The van der Waals surface area contributed by atoms with E-state index in [9.17, 15) is 10.1 Å². The molecule has 0 aliphatic carbocycles. The van der Waals surface area contributed by atoms with E-state index in [1.165, 1.54) is 0 Å². The first kappa shape index (κ1) is 17.8. The Labute approximate surface area is 142 Å². The van der Waals surface area contributed by atoms with Gasteiger partial charge in [0.15, 0.2) is 0 Å². The first-order valence-electron chi connectivity index (χ1n) is 8.07. The monoisotopic (exact) mass is 325 g/mol. The molecular formula is C19H23N3O2. The molecule has 1 heterocycles. The van der Waals surface area contributed by atoms with E-state index in [0.717, 1.165) is 42.2 Å². The number of H-pyrrole nitrogens is 1. The Kier molecular flexibility index (Phi) is 5.78. The highest BCUT2D eigenvalue weighted by Gasteiger charge is 2.14. The van der Waals surface area contributed by atoms with Crippen LogP contribution in [0, 0.1) is 18.3 Å². The third-order valence-electron chi connectivity index (χ3n) is 4.16. The van der Waals surface area contributed by atoms with Crippen molar-refractivity contribution in [3.8, 4) is 22.9 Å². The minimum atomic E-state index is -0.353. The molecule has 0 atom stereocenters. The van der Waals surface area contributed by atoms with E-state index < -0.39 is 0 Å². The number of aryl methyl sites for hydroxylation is 1. The molecule has 5 heteroatoms. The van der Waals surface area contributed by atoms with Gasteiger partial charge >= 0.3 is 0 Å². The Morgan fingerprint density at radius 2 is 1.96 bits per heavy atom. The molecule has 1 N–H and O–H groups in total. The molecule has 1 aromatic carbocycles. The molecule has 5 nitrogen and oxygen atoms in total. The normalized spacial score (nSPS) is 10.7. The van der Waals surface area contributed by atoms with Crippen LogP contribution in [-0.2, 0) is 6.54 Å². The number of nitrogens with zero attached hydrogens (tertiary/aromatic N) is 2. The van der Waals surface area contributed by atoms with Gasteiger partial charge in [0.2, 0.25) is 0 Å². The van der Waals surface area contributed by atoms with Crippen molar-refractivity contribution in [2.24, 2.45) is 0 Å². The van der Waals surface area contributed by atoms with E-state index in [1.54, 1.807) is 7.11 Å². The molecule has 2 aromatic rings. The number of methoxy groups -OCH3 is 1. The minimum absolute atomic E-state index is 0.138. The number of aromatic nitrogens is 1. The summed E-state index contributed by atoms with van der Waals surface area (Å²) in [5.74, 6) is 0.811. The summed E-state index contributed by atoms with van der Waals surface area (Å²) in [7, 11) is 1.65. The first-order valence-corrected chi connectivity index (χ1v) is 8.07. The van der Waals surface area contributed by atoms with Crippen LogP contribution in [0.1, 0.15) is 30.7 Å². The van der Waals surface area contributed by atoms with Crippen LogP contribution in [-0.4, -0.2) is 30.1 Å². The molecule has 126 valence electrons. The SMILES string of the molecule is CCN(CC)Cc1cc(-c2cc(C)[nH]c(=O)c2C#N)ccc1OC. The summed E-state index contributed by atoms with van der Waals surface area (Å²) in [6.07, 6.45) is 0. The van der Waals surface area contributed by atoms with Gasteiger partial charge in [-0.1, -0.05) is 19.9 Å². The van der Waals surface area contributed by atoms with Gasteiger partial charge in [-0.05, 0) is 43.8 Å². The van der Waals surface area contributed by atoms with Gasteiger partial charge in [-0.2, -0.15) is 5.26 Å². The maximum absolute atomic E-state index is 12.0. The van der Waals surface area contributed by atoms with Crippen LogP contribution in [0.25, 0.3) is 11.1 Å². The quantitative estimate of drug-likeness (QED) is 0.886. The van der Waals surface area contributed by atoms with Crippen molar-refractivity contribution < 1.29 is 4.74 Å². The summed E-state index contributed by atoms with van der Waals surface area (Å²) in [6.45, 7) is 8.69. The average molecular weight is 325 g/mol. The Balaban J connectivity index is 2.57. The van der Waals surface area contributed by atoms with Crippen molar-refractivity contribution in [2.75, 3.05) is 20.2 Å². The Hall–Kier alpha value is -2.58. The summed E-state index contributed by atoms with van der Waals surface area (Å²) in [5, 5.41) is 9.34. The zero-order chi connectivity index (χ0) is 17.7. The lowest BCUT2D eigenvalue weighted by Crippen LogP contribution is -2.22. The van der Waals surface area contributed by atoms with Crippen molar-refractivity contribution >= 4 is 0 Å². The molecule has 0 bridgehead atoms. The molecular weight excluding hydrogens is 302 g/mol. The molecule has 0 aliphatic rings. The van der Waals surface area contributed by atoms with E-state index in [4.69, 9.17) is 4.74 Å². The fourth-order valence-corrected chi connectivity index (χ4v) is 2.79. The number of rotatable bonds is 6. The third kappa shape index (κ3) is 3.66. The molecule has 0 unspecified atom stereocenters. The van der Waals surface area contributed by atoms with E-state index in [-0.39, 0.29) is 11.1 Å². The molecule has 1 aromatic heterocycles. The predicted molar refractivity (Wildman–Crippen MR) is 95.1 cm³/mol. The lowest BCUT2D eigenvalue weighted by Gasteiger charge is -2.20. The molecule has 2 rings (SSSR count). The number of benzene rings is 1. The van der Waals surface area contributed by atoms with E-state index in [2.05, 4.69) is 23.7 Å². The lowest BCUT2D eigenvalue weighted by molar-refractivity contribution is 0.289. The molecule has 0 aliphatic heterocycles. The topological polar surface area (TPSA) is 69.1 Å². The van der Waals surface area contributed by atoms with Crippen LogP contribution in [0.15, 0.2) is 29.1 Å². The van der Waals surface area contributed by atoms with Crippen LogP contribution >= 0.6 is 0 Å². The van der Waals surface area contributed by atoms with Gasteiger partial charge in [0.25, 0.3) is 5.56 Å². The maximum Gasteiger partial charge on any atom is 0.266 e. The number of hydrogen-bond donors (Lipinski definition) is 1. The van der Waals surface area contributed by atoms with E-state index in [1.807, 2.05) is 37.3 Å². The molecule has 24 heavy (non-hydrogen) atoms. The van der Waals surface area contributed by atoms with Crippen molar-refractivity contribution in [2.45, 2.75) is 27.3 Å². The van der Waals surface area contributed by atoms with Gasteiger partial charge in [0.05, 0.1) is 7.11 Å². The van der Waals surface area contributed by atoms with Crippen molar-refractivity contribution in [3.05, 3.63) is 51.4 Å². The van der Waals surface area contributed by atoms with Crippen molar-refractivity contribution in [1.82, 2.24) is 9.88 Å². The number of nitrogens with one attached hydrogen (secondary N) is 1. The van der Waals surface area contributed by atoms with Gasteiger partial charge in [0.1, 0.15) is 17.4 Å². The Morgan fingerprint density at radius 3 is 2.54 bits per heavy atom. The number of pyridine rings is 1. The molecule has 0 fully saturated rings. The Bertz CT molecular complexity index is 814. The number of ether oxygens (including phenoxy) is 1. The average Bonchev–Trinajstić information content (AvgIpc) is 2.58. The summed E-state index contributed by atoms with van der Waals surface area (Å²) in [5.41, 5.74) is 3.06. The van der Waals surface area contributed by atoms with Crippen LogP contribution in [0.5, 0.6) is 5.75 Å². The highest BCUT2D eigenvalue weighted by molar-refractivity contribution is 5.71. The zero-order valence-corrected chi connectivity index (χ0v) is 14.6. The predicted octanol–water partition coefficient (Wildman–Crippen LogP) is 3.07. The second-order valence-corrected chi connectivity index (χ2v) is 5.67. The smallest absolute Gasteiger partial charge is 0.266 e. The summed E-state index contributed by atoms with van der Waals surface area (Å²) < 4.78 is 5.47. The van der Waals surface area contributed by atoms with Gasteiger partial charge in [0, 0.05) is 23.4 Å². The lowest BCUT2D eigenvalue weighted by atomic mass is 9.98. The van der Waals surface area contributed by atoms with Gasteiger partial charge in [-0.15, -0.1) is 0 Å². The molecule has 0 amide bonds. The number of nitriles is 1. The Morgan fingerprint density at radius 1 is 1.25 bits per heavy atom. The zero-order valence-electron chi connectivity index (χ0n) is 14.6. The second-order valence-electron chi connectivity index (χ2n) is 5.67. The summed E-state index contributed by atoms with van der Waals surface area (Å²) in [6, 6.07) is 9.64. The van der Waals surface area contributed by atoms with Gasteiger partial charge in [-0.3, -0.25) is 9.69 Å². The third-order valence-corrected chi connectivity index (χ3v) is 4.16. The number of aromatic amines is 1. The van der Waals surface area contributed by atoms with Crippen molar-refractivity contribution in [3.63, 3.8) is 0 Å². The minimum Gasteiger partial charge on any atom is -0.496 e. The highest BCUT2D eigenvalue weighted by atomic mass is 16.5. The first-order chi connectivity index (χ1) is 11.5. The van der Waals surface area contributed by atoms with Crippen LogP contribution in [0.3, 0.4) is 0 Å². The summed E-state index contributed by atoms with van der Waals surface area (Å²) >= 11 is 0. The van der Waals surface area contributed by atoms with Crippen LogP contribution < -0.4 is 10.3 Å². The summed E-state index contributed by atoms with van der Waals surface area (Å²) in [4.78, 5) is 17.0. The fourth-order valence-electron chi connectivity index (χ4n) is 2.79. The largest absolute Gasteiger partial charge is 0.496 e. The van der Waals surface area contributed by atoms with E-state index in [0.29, 0.717) is 5.56 Å². The molecule has 0 spiro atoms. The molecule has 0 saturated heterocycles. The fraction of sp³-hybridized carbons (Fsp3) is 0.368. The van der Waals surface area contributed by atoms with Gasteiger partial charge < -0.3 is 9.72 Å². The molecule has 0 saturated carbocycles.